The predicted octanol–water partition coefficient (Wildman–Crippen LogP) is 3.19. The molecule has 2 heterocycles. The Balaban J connectivity index is 1.76. The van der Waals surface area contributed by atoms with Gasteiger partial charge in [0.2, 0.25) is 0 Å². The average molecular weight is 294 g/mol. The number of rotatable bonds is 8. The maximum atomic E-state index is 10.5. The van der Waals surface area contributed by atoms with Gasteiger partial charge in [-0.3, -0.25) is 4.79 Å². The highest BCUT2D eigenvalue weighted by Crippen LogP contribution is 2.18. The number of aryl methyl sites for hydroxylation is 2. The first-order chi connectivity index (χ1) is 9.63. The third-order valence-electron chi connectivity index (χ3n) is 2.92. The van der Waals surface area contributed by atoms with E-state index in [0.29, 0.717) is 12.5 Å². The third kappa shape index (κ3) is 4.70. The van der Waals surface area contributed by atoms with Crippen LogP contribution in [0.1, 0.15) is 31.2 Å². The topological polar surface area (TPSA) is 75.4 Å². The summed E-state index contributed by atoms with van der Waals surface area (Å²) in [5.74, 6) is 0.194. The number of carboxylic acid groups (broad SMARTS) is 1. The molecule has 2 aromatic heterocycles. The van der Waals surface area contributed by atoms with Crippen LogP contribution < -0.4 is 5.32 Å². The monoisotopic (exact) mass is 294 g/mol. The molecule has 0 saturated heterocycles. The molecule has 2 N–H and O–H groups in total. The number of hydrogen-bond donors (Lipinski definition) is 2. The fraction of sp³-hybridized carbons (Fsp3) is 0.429. The zero-order valence-electron chi connectivity index (χ0n) is 11.3. The number of carbonyl (C=O) groups is 1. The smallest absolute Gasteiger partial charge is 0.303 e. The summed E-state index contributed by atoms with van der Waals surface area (Å²) in [5, 5.41) is 14.7. The highest BCUT2D eigenvalue weighted by Gasteiger charge is 2.08. The van der Waals surface area contributed by atoms with Gasteiger partial charge in [0.25, 0.3) is 0 Å². The number of furan rings is 1. The lowest BCUT2D eigenvalue weighted by Crippen LogP contribution is -2.15. The third-order valence-corrected chi connectivity index (χ3v) is 3.74. The number of nitrogens with one attached hydrogen (secondary N) is 1. The van der Waals surface area contributed by atoms with Gasteiger partial charge >= 0.3 is 5.97 Å². The van der Waals surface area contributed by atoms with E-state index in [4.69, 9.17) is 9.52 Å². The molecular formula is C14H18N2O3S. The van der Waals surface area contributed by atoms with E-state index in [-0.39, 0.29) is 6.42 Å². The fourth-order valence-corrected chi connectivity index (χ4v) is 2.68. The van der Waals surface area contributed by atoms with Gasteiger partial charge in [-0.15, -0.1) is 11.3 Å². The SMILES string of the molecule is CC(CCc1ccco1)Nc1nc(CCC(=O)O)cs1. The van der Waals surface area contributed by atoms with Crippen molar-refractivity contribution in [2.75, 3.05) is 5.32 Å². The summed E-state index contributed by atoms with van der Waals surface area (Å²) in [5.41, 5.74) is 0.832. The summed E-state index contributed by atoms with van der Waals surface area (Å²) in [7, 11) is 0. The molecule has 0 fully saturated rings. The van der Waals surface area contributed by atoms with E-state index in [1.165, 1.54) is 11.3 Å². The molecule has 6 heteroatoms. The van der Waals surface area contributed by atoms with Gasteiger partial charge in [0.1, 0.15) is 5.76 Å². The molecule has 0 bridgehead atoms. The Morgan fingerprint density at radius 2 is 2.40 bits per heavy atom. The van der Waals surface area contributed by atoms with E-state index in [9.17, 15) is 4.79 Å². The van der Waals surface area contributed by atoms with Crippen molar-refractivity contribution in [3.63, 3.8) is 0 Å². The molecule has 2 rings (SSSR count). The lowest BCUT2D eigenvalue weighted by Gasteiger charge is -2.11. The van der Waals surface area contributed by atoms with Crippen LogP contribution in [0.25, 0.3) is 0 Å². The fourth-order valence-electron chi connectivity index (χ4n) is 1.82. The number of nitrogens with zero attached hydrogens (tertiary/aromatic N) is 1. The molecule has 0 aliphatic rings. The second-order valence-corrected chi connectivity index (χ2v) is 5.56. The van der Waals surface area contributed by atoms with Crippen molar-refractivity contribution < 1.29 is 14.3 Å². The molecule has 108 valence electrons. The van der Waals surface area contributed by atoms with Crippen LogP contribution in [0.4, 0.5) is 5.13 Å². The highest BCUT2D eigenvalue weighted by molar-refractivity contribution is 7.13. The molecule has 0 aliphatic carbocycles. The molecule has 0 aromatic carbocycles. The maximum Gasteiger partial charge on any atom is 0.303 e. The number of anilines is 1. The van der Waals surface area contributed by atoms with E-state index in [2.05, 4.69) is 17.2 Å². The van der Waals surface area contributed by atoms with Gasteiger partial charge in [0, 0.05) is 24.3 Å². The summed E-state index contributed by atoms with van der Waals surface area (Å²) in [6.07, 6.45) is 4.13. The second kappa shape index (κ2) is 7.09. The summed E-state index contributed by atoms with van der Waals surface area (Å²) < 4.78 is 5.30. The Kier molecular flexibility index (Phi) is 5.17. The van der Waals surface area contributed by atoms with Crippen molar-refractivity contribution in [3.8, 4) is 0 Å². The largest absolute Gasteiger partial charge is 0.481 e. The molecule has 0 saturated carbocycles. The number of carboxylic acids is 1. The van der Waals surface area contributed by atoms with Crippen molar-refractivity contribution in [2.24, 2.45) is 0 Å². The van der Waals surface area contributed by atoms with Crippen molar-refractivity contribution in [1.82, 2.24) is 4.98 Å². The van der Waals surface area contributed by atoms with Gasteiger partial charge in [0.05, 0.1) is 18.4 Å². The molecule has 0 radical (unpaired) electrons. The van der Waals surface area contributed by atoms with Crippen LogP contribution in [0.3, 0.4) is 0 Å². The number of aromatic nitrogens is 1. The molecule has 1 unspecified atom stereocenters. The standard InChI is InChI=1S/C14H18N2O3S/c1-10(4-6-12-3-2-8-19-12)15-14-16-11(9-20-14)5-7-13(17)18/h2-3,8-10H,4-7H2,1H3,(H,15,16)(H,17,18). The Morgan fingerprint density at radius 3 is 3.10 bits per heavy atom. The molecule has 2 aromatic rings. The Morgan fingerprint density at radius 1 is 1.55 bits per heavy atom. The van der Waals surface area contributed by atoms with Crippen LogP contribution in [0.2, 0.25) is 0 Å². The average Bonchev–Trinajstić information content (AvgIpc) is 3.05. The first-order valence-corrected chi connectivity index (χ1v) is 7.46. The van der Waals surface area contributed by atoms with E-state index < -0.39 is 5.97 Å². The van der Waals surface area contributed by atoms with Gasteiger partial charge in [-0.25, -0.2) is 4.98 Å². The second-order valence-electron chi connectivity index (χ2n) is 4.70. The molecule has 1 atom stereocenters. The number of hydrogen-bond acceptors (Lipinski definition) is 5. The summed E-state index contributed by atoms with van der Waals surface area (Å²) in [6.45, 7) is 2.10. The molecule has 0 aliphatic heterocycles. The quantitative estimate of drug-likeness (QED) is 0.782. The Bertz CT molecular complexity index is 536. The normalized spacial score (nSPS) is 12.2. The molecular weight excluding hydrogens is 276 g/mol. The minimum absolute atomic E-state index is 0.122. The molecule has 5 nitrogen and oxygen atoms in total. The molecule has 0 amide bonds. The minimum atomic E-state index is -0.792. The number of thiazole rings is 1. The minimum Gasteiger partial charge on any atom is -0.481 e. The first-order valence-electron chi connectivity index (χ1n) is 6.58. The van der Waals surface area contributed by atoms with Crippen molar-refractivity contribution in [1.29, 1.82) is 0 Å². The molecule has 20 heavy (non-hydrogen) atoms. The predicted molar refractivity (Wildman–Crippen MR) is 78.2 cm³/mol. The van der Waals surface area contributed by atoms with Gasteiger partial charge in [0.15, 0.2) is 5.13 Å². The lowest BCUT2D eigenvalue weighted by atomic mass is 10.1. The van der Waals surface area contributed by atoms with Crippen LogP contribution >= 0.6 is 11.3 Å². The highest BCUT2D eigenvalue weighted by atomic mass is 32.1. The van der Waals surface area contributed by atoms with Gasteiger partial charge in [-0.1, -0.05) is 0 Å². The lowest BCUT2D eigenvalue weighted by molar-refractivity contribution is -0.136. The van der Waals surface area contributed by atoms with E-state index in [1.54, 1.807) is 6.26 Å². The van der Waals surface area contributed by atoms with E-state index >= 15 is 0 Å². The zero-order chi connectivity index (χ0) is 14.4. The van der Waals surface area contributed by atoms with E-state index in [1.807, 2.05) is 17.5 Å². The van der Waals surface area contributed by atoms with Crippen molar-refractivity contribution >= 4 is 22.4 Å². The Labute approximate surface area is 121 Å². The van der Waals surface area contributed by atoms with E-state index in [0.717, 1.165) is 29.4 Å². The van der Waals surface area contributed by atoms with Crippen LogP contribution in [-0.4, -0.2) is 22.1 Å². The van der Waals surface area contributed by atoms with Crippen LogP contribution in [0.5, 0.6) is 0 Å². The van der Waals surface area contributed by atoms with Crippen LogP contribution in [0, 0.1) is 0 Å². The number of aliphatic carboxylic acids is 1. The summed E-state index contributed by atoms with van der Waals surface area (Å²) >= 11 is 1.51. The Hall–Kier alpha value is -1.82. The van der Waals surface area contributed by atoms with Crippen molar-refractivity contribution in [2.45, 2.75) is 38.6 Å². The van der Waals surface area contributed by atoms with Crippen molar-refractivity contribution in [3.05, 3.63) is 35.2 Å². The van der Waals surface area contributed by atoms with Gasteiger partial charge in [-0.2, -0.15) is 0 Å². The maximum absolute atomic E-state index is 10.5. The zero-order valence-corrected chi connectivity index (χ0v) is 12.2. The summed E-state index contributed by atoms with van der Waals surface area (Å²) in [6, 6.07) is 4.15. The van der Waals surface area contributed by atoms with Crippen LogP contribution in [-0.2, 0) is 17.6 Å². The van der Waals surface area contributed by atoms with Gasteiger partial charge in [-0.05, 0) is 25.5 Å². The summed E-state index contributed by atoms with van der Waals surface area (Å²) in [4.78, 5) is 14.9. The first kappa shape index (κ1) is 14.6. The van der Waals surface area contributed by atoms with Crippen LogP contribution in [0.15, 0.2) is 28.2 Å². The van der Waals surface area contributed by atoms with Gasteiger partial charge < -0.3 is 14.8 Å². The molecule has 0 spiro atoms.